The minimum atomic E-state index is -0.265. The lowest BCUT2D eigenvalue weighted by Crippen LogP contribution is -3.15. The second-order valence-electron chi connectivity index (χ2n) is 6.43. The van der Waals surface area contributed by atoms with Crippen LogP contribution in [0.15, 0.2) is 46.9 Å². The van der Waals surface area contributed by atoms with Crippen LogP contribution < -0.4 is 15.0 Å². The number of carbonyl (C=O) groups excluding carboxylic acids is 1. The summed E-state index contributed by atoms with van der Waals surface area (Å²) in [6, 6.07) is 11.8. The first kappa shape index (κ1) is 19.8. The third-order valence-corrected chi connectivity index (χ3v) is 5.48. The van der Waals surface area contributed by atoms with E-state index in [2.05, 4.69) is 21.2 Å². The minimum Gasteiger partial charge on any atom is -0.497 e. The molecule has 1 aliphatic rings. The van der Waals surface area contributed by atoms with Crippen molar-refractivity contribution in [2.75, 3.05) is 40.0 Å². The lowest BCUT2D eigenvalue weighted by molar-refractivity contribution is -0.937. The van der Waals surface area contributed by atoms with E-state index in [-0.39, 0.29) is 17.8 Å². The molecule has 2 N–H and O–H groups in total. The average molecular weight is 438 g/mol. The van der Waals surface area contributed by atoms with E-state index < -0.39 is 0 Å². The molecule has 0 unspecified atom stereocenters. The zero-order valence-corrected chi connectivity index (χ0v) is 16.7. The van der Waals surface area contributed by atoms with Crippen molar-refractivity contribution < 1.29 is 23.6 Å². The van der Waals surface area contributed by atoms with Crippen LogP contribution in [0.1, 0.15) is 22.0 Å². The fourth-order valence-electron chi connectivity index (χ4n) is 3.27. The van der Waals surface area contributed by atoms with Gasteiger partial charge in [0, 0.05) is 10.0 Å². The SMILES string of the molecule is COc1ccc(Br)c(C(=O)NC[C@H](c2ccc(F)cc2)[NH+]2CCOCC2)c1. The number of ether oxygens (including phenoxy) is 2. The lowest BCUT2D eigenvalue weighted by Gasteiger charge is -2.32. The highest BCUT2D eigenvalue weighted by Gasteiger charge is 2.27. The highest BCUT2D eigenvalue weighted by Crippen LogP contribution is 2.22. The fourth-order valence-corrected chi connectivity index (χ4v) is 3.70. The number of benzene rings is 2. The molecule has 0 bridgehead atoms. The van der Waals surface area contributed by atoms with Gasteiger partial charge < -0.3 is 19.7 Å². The molecule has 0 radical (unpaired) electrons. The third kappa shape index (κ3) is 5.06. The number of carbonyl (C=O) groups is 1. The molecule has 0 aliphatic carbocycles. The van der Waals surface area contributed by atoms with Gasteiger partial charge in [-0.15, -0.1) is 0 Å². The lowest BCUT2D eigenvalue weighted by atomic mass is 10.0. The Morgan fingerprint density at radius 3 is 2.63 bits per heavy atom. The van der Waals surface area contributed by atoms with Gasteiger partial charge in [-0.05, 0) is 46.3 Å². The van der Waals surface area contributed by atoms with Crippen LogP contribution in [0.2, 0.25) is 0 Å². The predicted octanol–water partition coefficient (Wildman–Crippen LogP) is 1.98. The molecule has 1 atom stereocenters. The number of nitrogens with one attached hydrogen (secondary N) is 2. The first-order valence-corrected chi connectivity index (χ1v) is 9.67. The number of amides is 1. The van der Waals surface area contributed by atoms with Gasteiger partial charge >= 0.3 is 0 Å². The number of hydrogen-bond donors (Lipinski definition) is 2. The van der Waals surface area contributed by atoms with E-state index in [1.54, 1.807) is 37.4 Å². The van der Waals surface area contributed by atoms with Gasteiger partial charge in [0.1, 0.15) is 30.7 Å². The highest BCUT2D eigenvalue weighted by molar-refractivity contribution is 9.10. The van der Waals surface area contributed by atoms with E-state index >= 15 is 0 Å². The number of morpholine rings is 1. The van der Waals surface area contributed by atoms with Crippen LogP contribution in [0, 0.1) is 5.82 Å². The monoisotopic (exact) mass is 437 g/mol. The molecule has 0 aromatic heterocycles. The molecule has 144 valence electrons. The Kier molecular flexibility index (Phi) is 6.82. The molecule has 0 saturated carbocycles. The highest BCUT2D eigenvalue weighted by atomic mass is 79.9. The summed E-state index contributed by atoms with van der Waals surface area (Å²) in [5.74, 6) is 0.177. The topological polar surface area (TPSA) is 52.0 Å². The number of methoxy groups -OCH3 is 1. The van der Waals surface area contributed by atoms with Crippen LogP contribution >= 0.6 is 15.9 Å². The van der Waals surface area contributed by atoms with Gasteiger partial charge in [-0.1, -0.05) is 12.1 Å². The molecule has 1 fully saturated rings. The zero-order valence-electron chi connectivity index (χ0n) is 15.1. The van der Waals surface area contributed by atoms with Crippen molar-refractivity contribution in [3.63, 3.8) is 0 Å². The largest absolute Gasteiger partial charge is 0.497 e. The summed E-state index contributed by atoms with van der Waals surface area (Å²) >= 11 is 3.42. The molecule has 3 rings (SSSR count). The van der Waals surface area contributed by atoms with Crippen LogP contribution in [-0.2, 0) is 4.74 Å². The van der Waals surface area contributed by atoms with E-state index in [9.17, 15) is 9.18 Å². The molecule has 5 nitrogen and oxygen atoms in total. The predicted molar refractivity (Wildman–Crippen MR) is 104 cm³/mol. The van der Waals surface area contributed by atoms with Crippen molar-refractivity contribution in [3.8, 4) is 5.75 Å². The molecule has 1 saturated heterocycles. The van der Waals surface area contributed by atoms with Gasteiger partial charge in [-0.2, -0.15) is 0 Å². The van der Waals surface area contributed by atoms with E-state index in [1.807, 2.05) is 0 Å². The summed E-state index contributed by atoms with van der Waals surface area (Å²) in [6.07, 6.45) is 0. The van der Waals surface area contributed by atoms with Crippen molar-refractivity contribution in [1.82, 2.24) is 5.32 Å². The maximum atomic E-state index is 13.3. The van der Waals surface area contributed by atoms with Gasteiger partial charge in [-0.3, -0.25) is 4.79 Å². The van der Waals surface area contributed by atoms with E-state index in [0.717, 1.165) is 18.7 Å². The molecule has 2 aromatic rings. The Balaban J connectivity index is 1.76. The van der Waals surface area contributed by atoms with Crippen LogP contribution in [0.5, 0.6) is 5.75 Å². The molecule has 1 heterocycles. The summed E-state index contributed by atoms with van der Waals surface area (Å²) in [7, 11) is 1.57. The third-order valence-electron chi connectivity index (χ3n) is 4.79. The second-order valence-corrected chi connectivity index (χ2v) is 7.28. The van der Waals surface area contributed by atoms with Gasteiger partial charge in [0.2, 0.25) is 0 Å². The van der Waals surface area contributed by atoms with Crippen LogP contribution in [0.4, 0.5) is 4.39 Å². The molecular formula is C20H23BrFN2O3+. The van der Waals surface area contributed by atoms with Crippen molar-refractivity contribution in [2.24, 2.45) is 0 Å². The van der Waals surface area contributed by atoms with Crippen LogP contribution in [0.3, 0.4) is 0 Å². The Labute approximate surface area is 166 Å². The Hall–Kier alpha value is -1.96. The molecular weight excluding hydrogens is 415 g/mol. The number of rotatable bonds is 6. The van der Waals surface area contributed by atoms with Crippen molar-refractivity contribution in [3.05, 3.63) is 63.9 Å². The van der Waals surface area contributed by atoms with E-state index in [1.165, 1.54) is 17.0 Å². The Morgan fingerprint density at radius 1 is 1.26 bits per heavy atom. The molecule has 1 aliphatic heterocycles. The summed E-state index contributed by atoms with van der Waals surface area (Å²) in [5.41, 5.74) is 1.52. The van der Waals surface area contributed by atoms with Gasteiger partial charge in [-0.25, -0.2) is 4.39 Å². The Bertz CT molecular complexity index is 779. The molecule has 27 heavy (non-hydrogen) atoms. The summed E-state index contributed by atoms with van der Waals surface area (Å²) in [6.45, 7) is 3.51. The van der Waals surface area contributed by atoms with E-state index in [4.69, 9.17) is 9.47 Å². The smallest absolute Gasteiger partial charge is 0.252 e. The zero-order chi connectivity index (χ0) is 19.2. The first-order valence-electron chi connectivity index (χ1n) is 8.88. The quantitative estimate of drug-likeness (QED) is 0.726. The van der Waals surface area contributed by atoms with Crippen LogP contribution in [0.25, 0.3) is 0 Å². The van der Waals surface area contributed by atoms with Gasteiger partial charge in [0.25, 0.3) is 5.91 Å². The summed E-state index contributed by atoms with van der Waals surface area (Å²) in [5, 5.41) is 3.02. The summed E-state index contributed by atoms with van der Waals surface area (Å²) in [4.78, 5) is 14.0. The number of hydrogen-bond acceptors (Lipinski definition) is 3. The standard InChI is InChI=1S/C20H22BrFN2O3/c1-26-16-6-7-18(21)17(12-16)20(25)23-13-19(24-8-10-27-11-9-24)14-2-4-15(22)5-3-14/h2-7,12,19H,8-11,13H2,1H3,(H,23,25)/p+1/t19-/m1/s1. The second kappa shape index (κ2) is 9.30. The van der Waals surface area contributed by atoms with E-state index in [0.29, 0.717) is 35.5 Å². The maximum absolute atomic E-state index is 13.3. The Morgan fingerprint density at radius 2 is 1.96 bits per heavy atom. The molecule has 7 heteroatoms. The van der Waals surface area contributed by atoms with Crippen molar-refractivity contribution >= 4 is 21.8 Å². The maximum Gasteiger partial charge on any atom is 0.252 e. The fraction of sp³-hybridized carbons (Fsp3) is 0.350. The number of quaternary nitrogens is 1. The van der Waals surface area contributed by atoms with Gasteiger partial charge in [0.05, 0.1) is 32.4 Å². The van der Waals surface area contributed by atoms with Crippen LogP contribution in [-0.4, -0.2) is 45.9 Å². The minimum absolute atomic E-state index is 0.0304. The molecule has 1 amide bonds. The van der Waals surface area contributed by atoms with Crippen molar-refractivity contribution in [1.29, 1.82) is 0 Å². The first-order chi connectivity index (χ1) is 13.1. The average Bonchev–Trinajstić information content (AvgIpc) is 2.70. The number of halogens is 2. The van der Waals surface area contributed by atoms with Crippen molar-refractivity contribution in [2.45, 2.75) is 6.04 Å². The molecule has 0 spiro atoms. The normalized spacial score (nSPS) is 16.0. The summed E-state index contributed by atoms with van der Waals surface area (Å²) < 4.78 is 24.7. The van der Waals surface area contributed by atoms with Gasteiger partial charge in [0.15, 0.2) is 0 Å². The molecule has 2 aromatic carbocycles.